The van der Waals surface area contributed by atoms with Gasteiger partial charge in [-0.2, -0.15) is 5.10 Å². The first-order valence-corrected chi connectivity index (χ1v) is 8.76. The number of hydrogen-bond donors (Lipinski definition) is 1. The van der Waals surface area contributed by atoms with Crippen LogP contribution in [0, 0.1) is 5.92 Å². The number of carbonyl (C=O) groups excluding carboxylic acids is 1. The number of benzene rings is 1. The van der Waals surface area contributed by atoms with Gasteiger partial charge in [-0.15, -0.1) is 0 Å². The highest BCUT2D eigenvalue weighted by atomic mass is 16.5. The van der Waals surface area contributed by atoms with Gasteiger partial charge < -0.3 is 19.5 Å². The molecule has 1 aliphatic heterocycles. The predicted molar refractivity (Wildman–Crippen MR) is 97.2 cm³/mol. The van der Waals surface area contributed by atoms with Gasteiger partial charge >= 0.3 is 5.97 Å². The van der Waals surface area contributed by atoms with Crippen LogP contribution in [-0.2, 0) is 11.3 Å². The quantitative estimate of drug-likeness (QED) is 0.831. The average Bonchev–Trinajstić information content (AvgIpc) is 3.33. The van der Waals surface area contributed by atoms with Gasteiger partial charge in [0, 0.05) is 37.3 Å². The fourth-order valence-corrected chi connectivity index (χ4v) is 3.55. The zero-order valence-corrected chi connectivity index (χ0v) is 15.6. The van der Waals surface area contributed by atoms with E-state index in [1.807, 2.05) is 13.0 Å². The molecule has 0 spiro atoms. The van der Waals surface area contributed by atoms with Crippen molar-refractivity contribution in [1.29, 1.82) is 0 Å². The van der Waals surface area contributed by atoms with Crippen molar-refractivity contribution in [2.75, 3.05) is 27.3 Å². The Bertz CT molecular complexity index is 848. The molecule has 1 fully saturated rings. The molecule has 144 valence electrons. The lowest BCUT2D eigenvalue weighted by Gasteiger charge is -2.20. The number of carboxylic acids is 1. The molecule has 3 rings (SSSR count). The van der Waals surface area contributed by atoms with E-state index in [0.717, 1.165) is 5.56 Å². The summed E-state index contributed by atoms with van der Waals surface area (Å²) in [5.74, 6) is -1.31. The Hall–Kier alpha value is -3.03. The summed E-state index contributed by atoms with van der Waals surface area (Å²) in [6.45, 7) is 2.99. The molecule has 1 aromatic heterocycles. The number of ether oxygens (including phenoxy) is 2. The molecular weight excluding hydrogens is 350 g/mol. The minimum atomic E-state index is -0.945. The smallest absolute Gasteiger partial charge is 0.308 e. The number of carbonyl (C=O) groups is 2. The number of nitrogens with zero attached hydrogens (tertiary/aromatic N) is 3. The number of methoxy groups -OCH3 is 2. The van der Waals surface area contributed by atoms with Crippen molar-refractivity contribution < 1.29 is 24.2 Å². The van der Waals surface area contributed by atoms with Crippen molar-refractivity contribution in [1.82, 2.24) is 14.7 Å². The second-order valence-corrected chi connectivity index (χ2v) is 6.40. The monoisotopic (exact) mass is 373 g/mol. The maximum atomic E-state index is 12.8. The van der Waals surface area contributed by atoms with Crippen LogP contribution in [0.25, 0.3) is 0 Å². The summed E-state index contributed by atoms with van der Waals surface area (Å²) in [6, 6.07) is 7.03. The van der Waals surface area contributed by atoms with E-state index in [1.165, 1.54) is 14.2 Å². The maximum absolute atomic E-state index is 12.8. The van der Waals surface area contributed by atoms with Crippen LogP contribution in [0.4, 0.5) is 0 Å². The minimum Gasteiger partial charge on any atom is -0.493 e. The van der Waals surface area contributed by atoms with E-state index in [9.17, 15) is 14.7 Å². The van der Waals surface area contributed by atoms with E-state index >= 15 is 0 Å². The molecule has 0 bridgehead atoms. The molecule has 1 amide bonds. The van der Waals surface area contributed by atoms with Crippen molar-refractivity contribution >= 4 is 11.9 Å². The van der Waals surface area contributed by atoms with Gasteiger partial charge in [-0.05, 0) is 19.1 Å². The summed E-state index contributed by atoms with van der Waals surface area (Å²) in [4.78, 5) is 26.2. The second-order valence-electron chi connectivity index (χ2n) is 6.40. The summed E-state index contributed by atoms with van der Waals surface area (Å²) in [5, 5.41) is 14.0. The van der Waals surface area contributed by atoms with Gasteiger partial charge in [0.05, 0.1) is 20.1 Å². The van der Waals surface area contributed by atoms with E-state index in [1.54, 1.807) is 34.0 Å². The first kappa shape index (κ1) is 18.8. The number of aromatic nitrogens is 2. The molecule has 8 heteroatoms. The van der Waals surface area contributed by atoms with E-state index in [-0.39, 0.29) is 19.0 Å². The number of aryl methyl sites for hydroxylation is 1. The average molecular weight is 373 g/mol. The number of rotatable bonds is 6. The van der Waals surface area contributed by atoms with Crippen molar-refractivity contribution in [3.63, 3.8) is 0 Å². The molecule has 8 nitrogen and oxygen atoms in total. The Morgan fingerprint density at radius 3 is 2.59 bits per heavy atom. The lowest BCUT2D eigenvalue weighted by atomic mass is 9.88. The molecule has 0 radical (unpaired) electrons. The van der Waals surface area contributed by atoms with Gasteiger partial charge in [-0.1, -0.05) is 12.1 Å². The SMILES string of the molecule is CCn1ccc(C(=O)N2C[C@@H](C(=O)O)[C@H](c3cccc(OC)c3OC)C2)n1. The van der Waals surface area contributed by atoms with Crippen LogP contribution in [0.5, 0.6) is 11.5 Å². The largest absolute Gasteiger partial charge is 0.493 e. The number of amides is 1. The van der Waals surface area contributed by atoms with Crippen molar-refractivity contribution in [2.45, 2.75) is 19.4 Å². The van der Waals surface area contributed by atoms with Crippen LogP contribution < -0.4 is 9.47 Å². The Labute approximate surface area is 157 Å². The Balaban J connectivity index is 1.92. The van der Waals surface area contributed by atoms with E-state index in [4.69, 9.17) is 9.47 Å². The zero-order chi connectivity index (χ0) is 19.6. The molecule has 0 aliphatic carbocycles. The number of likely N-dealkylation sites (tertiary alicyclic amines) is 1. The highest BCUT2D eigenvalue weighted by Gasteiger charge is 2.42. The van der Waals surface area contributed by atoms with Crippen molar-refractivity contribution in [2.24, 2.45) is 5.92 Å². The molecule has 1 aliphatic rings. The third-order valence-corrected chi connectivity index (χ3v) is 4.94. The minimum absolute atomic E-state index is 0.123. The predicted octanol–water partition coefficient (Wildman–Crippen LogP) is 1.86. The Kier molecular flexibility index (Phi) is 5.34. The summed E-state index contributed by atoms with van der Waals surface area (Å²) in [7, 11) is 3.05. The molecule has 0 saturated carbocycles. The number of hydrogen-bond acceptors (Lipinski definition) is 5. The number of aliphatic carboxylic acids is 1. The van der Waals surface area contributed by atoms with Crippen LogP contribution in [0.2, 0.25) is 0 Å². The van der Waals surface area contributed by atoms with E-state index in [2.05, 4.69) is 5.10 Å². The first-order valence-electron chi connectivity index (χ1n) is 8.76. The van der Waals surface area contributed by atoms with Crippen LogP contribution in [0.3, 0.4) is 0 Å². The number of para-hydroxylation sites is 1. The summed E-state index contributed by atoms with van der Waals surface area (Å²) in [6.07, 6.45) is 1.74. The fraction of sp³-hybridized carbons (Fsp3) is 0.421. The molecule has 1 N–H and O–H groups in total. The first-order chi connectivity index (χ1) is 13.0. The van der Waals surface area contributed by atoms with Gasteiger partial charge in [-0.3, -0.25) is 14.3 Å². The van der Waals surface area contributed by atoms with Crippen LogP contribution in [0.15, 0.2) is 30.5 Å². The lowest BCUT2D eigenvalue weighted by molar-refractivity contribution is -0.141. The normalized spacial score (nSPS) is 19.1. The molecule has 1 saturated heterocycles. The molecule has 27 heavy (non-hydrogen) atoms. The van der Waals surface area contributed by atoms with Gasteiger partial charge in [0.25, 0.3) is 5.91 Å². The van der Waals surface area contributed by atoms with Crippen molar-refractivity contribution in [3.8, 4) is 11.5 Å². The maximum Gasteiger partial charge on any atom is 0.308 e. The topological polar surface area (TPSA) is 93.9 Å². The van der Waals surface area contributed by atoms with Gasteiger partial charge in [0.15, 0.2) is 11.5 Å². The van der Waals surface area contributed by atoms with Crippen LogP contribution in [-0.4, -0.2) is 59.0 Å². The van der Waals surface area contributed by atoms with Gasteiger partial charge in [0.2, 0.25) is 0 Å². The standard InChI is InChI=1S/C19H23N3O5/c1-4-22-9-8-15(20-22)18(23)21-10-13(14(11-21)19(24)25)12-6-5-7-16(26-2)17(12)27-3/h5-9,13-14H,4,10-11H2,1-3H3,(H,24,25)/t13-,14+/m0/s1. The number of carboxylic acid groups (broad SMARTS) is 1. The summed E-state index contributed by atoms with van der Waals surface area (Å²) in [5.41, 5.74) is 1.04. The third-order valence-electron chi connectivity index (χ3n) is 4.94. The van der Waals surface area contributed by atoms with Crippen LogP contribution in [0.1, 0.15) is 28.9 Å². The summed E-state index contributed by atoms with van der Waals surface area (Å²) < 4.78 is 12.5. The summed E-state index contributed by atoms with van der Waals surface area (Å²) >= 11 is 0. The fourth-order valence-electron chi connectivity index (χ4n) is 3.55. The molecule has 1 aromatic carbocycles. The Morgan fingerprint density at radius 2 is 2.00 bits per heavy atom. The molecular formula is C19H23N3O5. The highest BCUT2D eigenvalue weighted by Crippen LogP contribution is 2.42. The Morgan fingerprint density at radius 1 is 1.22 bits per heavy atom. The zero-order valence-electron chi connectivity index (χ0n) is 15.6. The lowest BCUT2D eigenvalue weighted by Crippen LogP contribution is -2.30. The van der Waals surface area contributed by atoms with E-state index < -0.39 is 17.8 Å². The molecule has 2 atom stereocenters. The highest BCUT2D eigenvalue weighted by molar-refractivity contribution is 5.93. The van der Waals surface area contributed by atoms with Gasteiger partial charge in [-0.25, -0.2) is 0 Å². The van der Waals surface area contributed by atoms with Crippen molar-refractivity contribution in [3.05, 3.63) is 41.7 Å². The molecule has 2 aromatic rings. The van der Waals surface area contributed by atoms with Crippen LogP contribution >= 0.6 is 0 Å². The molecule has 2 heterocycles. The second kappa shape index (κ2) is 7.69. The van der Waals surface area contributed by atoms with E-state index in [0.29, 0.717) is 23.7 Å². The van der Waals surface area contributed by atoms with Gasteiger partial charge in [0.1, 0.15) is 5.69 Å². The third kappa shape index (κ3) is 3.47. The molecule has 0 unspecified atom stereocenters.